The fourth-order valence-electron chi connectivity index (χ4n) is 2.61. The van der Waals surface area contributed by atoms with E-state index >= 15 is 0 Å². The van der Waals surface area contributed by atoms with E-state index in [1.54, 1.807) is 42.1 Å². The van der Waals surface area contributed by atoms with Gasteiger partial charge in [0.05, 0.1) is 17.7 Å². The molecule has 0 fully saturated rings. The second-order valence-corrected chi connectivity index (χ2v) is 6.46. The summed E-state index contributed by atoms with van der Waals surface area (Å²) in [6.45, 7) is -0.00555. The van der Waals surface area contributed by atoms with Gasteiger partial charge in [-0.1, -0.05) is 24.3 Å². The molecule has 3 rings (SSSR count). The number of nitrogens with zero attached hydrogens (tertiary/aromatic N) is 1. The second kappa shape index (κ2) is 8.01. The Morgan fingerprint density at radius 2 is 1.65 bits per heavy atom. The Hall–Kier alpha value is -2.86. The molecule has 26 heavy (non-hydrogen) atoms. The van der Waals surface area contributed by atoms with E-state index in [4.69, 9.17) is 4.74 Å². The Labute approximate surface area is 155 Å². The summed E-state index contributed by atoms with van der Waals surface area (Å²) in [5.74, 6) is -1.23. The molecule has 0 atom stereocenters. The molecule has 2 amide bonds. The van der Waals surface area contributed by atoms with Crippen LogP contribution in [0.15, 0.2) is 59.5 Å². The van der Waals surface area contributed by atoms with Gasteiger partial charge in [0, 0.05) is 11.0 Å². The van der Waals surface area contributed by atoms with E-state index in [2.05, 4.69) is 0 Å². The molecule has 0 unspecified atom stereocenters. The van der Waals surface area contributed by atoms with Gasteiger partial charge >= 0.3 is 5.97 Å². The van der Waals surface area contributed by atoms with Crippen molar-refractivity contribution in [1.29, 1.82) is 0 Å². The number of imide groups is 1. The maximum absolute atomic E-state index is 12.2. The van der Waals surface area contributed by atoms with Crippen molar-refractivity contribution in [3.8, 4) is 0 Å². The van der Waals surface area contributed by atoms with Crippen LogP contribution >= 0.6 is 11.8 Å². The average molecular weight is 367 g/mol. The van der Waals surface area contributed by atoms with Gasteiger partial charge < -0.3 is 4.74 Å². The molecule has 0 aromatic heterocycles. The highest BCUT2D eigenvalue weighted by molar-refractivity contribution is 7.98. The number of fused-ring (bicyclic) bond motifs is 1. The lowest BCUT2D eigenvalue weighted by Crippen LogP contribution is -2.33. The predicted octanol–water partition coefficient (Wildman–Crippen LogP) is 3.26. The molecule has 0 N–H and O–H groups in total. The van der Waals surface area contributed by atoms with Crippen LogP contribution in [-0.2, 0) is 9.53 Å². The highest BCUT2D eigenvalue weighted by Gasteiger charge is 2.34. The molecule has 0 bridgehead atoms. The fourth-order valence-corrected chi connectivity index (χ4v) is 3.02. The van der Waals surface area contributed by atoms with Crippen molar-refractivity contribution in [3.05, 3.63) is 71.3 Å². The van der Waals surface area contributed by atoms with Gasteiger partial charge in [0.25, 0.3) is 11.8 Å². The molecule has 0 radical (unpaired) electrons. The molecular formula is C20H17NO4S. The zero-order valence-electron chi connectivity index (χ0n) is 14.2. The number of carbonyl (C=O) groups is 3. The van der Waals surface area contributed by atoms with Gasteiger partial charge in [-0.15, -0.1) is 11.8 Å². The van der Waals surface area contributed by atoms with Gasteiger partial charge in [-0.05, 0) is 42.2 Å². The first-order valence-corrected chi connectivity index (χ1v) is 9.27. The van der Waals surface area contributed by atoms with Crippen molar-refractivity contribution in [3.63, 3.8) is 0 Å². The summed E-state index contributed by atoms with van der Waals surface area (Å²) < 4.78 is 5.09. The first-order chi connectivity index (χ1) is 12.6. The molecule has 132 valence electrons. The number of rotatable bonds is 6. The summed E-state index contributed by atoms with van der Waals surface area (Å²) in [7, 11) is 0. The molecule has 1 aliphatic rings. The molecule has 2 aromatic rings. The van der Waals surface area contributed by atoms with Crippen molar-refractivity contribution in [2.45, 2.75) is 4.90 Å². The van der Waals surface area contributed by atoms with Crippen molar-refractivity contribution in [2.75, 3.05) is 19.4 Å². The average Bonchev–Trinajstić information content (AvgIpc) is 2.92. The number of carbonyl (C=O) groups excluding carboxylic acids is 3. The number of thioether (sulfide) groups is 1. The van der Waals surface area contributed by atoms with Gasteiger partial charge in [-0.3, -0.25) is 14.5 Å². The van der Waals surface area contributed by atoms with E-state index in [1.165, 1.54) is 6.08 Å². The quantitative estimate of drug-likeness (QED) is 0.339. The Morgan fingerprint density at radius 3 is 2.23 bits per heavy atom. The summed E-state index contributed by atoms with van der Waals surface area (Å²) >= 11 is 1.65. The fraction of sp³-hybridized carbons (Fsp3) is 0.150. The van der Waals surface area contributed by atoms with E-state index < -0.39 is 5.97 Å². The van der Waals surface area contributed by atoms with Gasteiger partial charge in [0.15, 0.2) is 0 Å². The Bertz CT molecular complexity index is 839. The van der Waals surface area contributed by atoms with Gasteiger partial charge in [0.2, 0.25) is 0 Å². The topological polar surface area (TPSA) is 63.7 Å². The maximum atomic E-state index is 12.2. The van der Waals surface area contributed by atoms with Crippen LogP contribution in [0.3, 0.4) is 0 Å². The third kappa shape index (κ3) is 3.86. The first-order valence-electron chi connectivity index (χ1n) is 8.04. The number of amides is 2. The maximum Gasteiger partial charge on any atom is 0.330 e. The molecule has 1 aliphatic heterocycles. The van der Waals surface area contributed by atoms with E-state index in [1.807, 2.05) is 30.5 Å². The zero-order valence-corrected chi connectivity index (χ0v) is 15.0. The standard InChI is InChI=1S/C20H17NO4S/c1-26-15-9-6-14(7-10-15)8-11-18(22)25-13-12-21-19(23)16-4-2-3-5-17(16)20(21)24/h2-11H,12-13H2,1H3. The first kappa shape index (κ1) is 17.9. The molecule has 0 saturated heterocycles. The lowest BCUT2D eigenvalue weighted by atomic mass is 10.1. The van der Waals surface area contributed by atoms with Crippen molar-refractivity contribution in [2.24, 2.45) is 0 Å². The Balaban J connectivity index is 1.50. The summed E-state index contributed by atoms with van der Waals surface area (Å²) in [6.07, 6.45) is 4.99. The molecule has 0 saturated carbocycles. The number of esters is 1. The molecule has 0 spiro atoms. The second-order valence-electron chi connectivity index (χ2n) is 5.58. The summed E-state index contributed by atoms with van der Waals surface area (Å²) in [5.41, 5.74) is 1.66. The van der Waals surface area contributed by atoms with E-state index in [0.717, 1.165) is 15.4 Å². The number of hydrogen-bond acceptors (Lipinski definition) is 5. The van der Waals surface area contributed by atoms with E-state index in [-0.39, 0.29) is 25.0 Å². The van der Waals surface area contributed by atoms with E-state index in [9.17, 15) is 14.4 Å². The zero-order chi connectivity index (χ0) is 18.5. The Kier molecular flexibility index (Phi) is 5.53. The Morgan fingerprint density at radius 1 is 1.04 bits per heavy atom. The summed E-state index contributed by atoms with van der Waals surface area (Å²) in [4.78, 5) is 38.4. The predicted molar refractivity (Wildman–Crippen MR) is 100 cm³/mol. The minimum absolute atomic E-state index is 0.0361. The number of ether oxygens (including phenoxy) is 1. The van der Waals surface area contributed by atoms with Crippen LogP contribution in [0, 0.1) is 0 Å². The lowest BCUT2D eigenvalue weighted by Gasteiger charge is -2.13. The number of benzene rings is 2. The van der Waals surface area contributed by atoms with Gasteiger partial charge in [0.1, 0.15) is 6.61 Å². The molecule has 2 aromatic carbocycles. The lowest BCUT2D eigenvalue weighted by molar-refractivity contribution is -0.137. The molecule has 0 aliphatic carbocycles. The summed E-state index contributed by atoms with van der Waals surface area (Å²) in [5, 5.41) is 0. The van der Waals surface area contributed by atoms with Crippen LogP contribution in [0.25, 0.3) is 6.08 Å². The van der Waals surface area contributed by atoms with Crippen molar-refractivity contribution >= 4 is 35.6 Å². The van der Waals surface area contributed by atoms with Crippen LogP contribution in [0.5, 0.6) is 0 Å². The van der Waals surface area contributed by atoms with Crippen LogP contribution in [0.4, 0.5) is 0 Å². The SMILES string of the molecule is CSc1ccc(C=CC(=O)OCCN2C(=O)c3ccccc3C2=O)cc1. The summed E-state index contributed by atoms with van der Waals surface area (Å²) in [6, 6.07) is 14.4. The minimum Gasteiger partial charge on any atom is -0.461 e. The van der Waals surface area contributed by atoms with Crippen molar-refractivity contribution in [1.82, 2.24) is 4.90 Å². The third-order valence-electron chi connectivity index (χ3n) is 3.97. The highest BCUT2D eigenvalue weighted by atomic mass is 32.2. The minimum atomic E-state index is -0.518. The van der Waals surface area contributed by atoms with E-state index in [0.29, 0.717) is 11.1 Å². The molecular weight excluding hydrogens is 350 g/mol. The molecule has 1 heterocycles. The van der Waals surface area contributed by atoms with Crippen molar-refractivity contribution < 1.29 is 19.1 Å². The van der Waals surface area contributed by atoms with Gasteiger partial charge in [-0.2, -0.15) is 0 Å². The monoisotopic (exact) mass is 367 g/mol. The smallest absolute Gasteiger partial charge is 0.330 e. The van der Waals surface area contributed by atoms with Gasteiger partial charge in [-0.25, -0.2) is 4.79 Å². The number of hydrogen-bond donors (Lipinski definition) is 0. The highest BCUT2D eigenvalue weighted by Crippen LogP contribution is 2.22. The third-order valence-corrected chi connectivity index (χ3v) is 4.71. The normalized spacial score (nSPS) is 13.3. The molecule has 6 heteroatoms. The van der Waals surface area contributed by atoms with Crippen LogP contribution in [-0.4, -0.2) is 42.1 Å². The molecule has 5 nitrogen and oxygen atoms in total. The largest absolute Gasteiger partial charge is 0.461 e. The van der Waals surface area contributed by atoms with Crippen LogP contribution in [0.1, 0.15) is 26.3 Å². The van der Waals surface area contributed by atoms with Crippen LogP contribution in [0.2, 0.25) is 0 Å². The van der Waals surface area contributed by atoms with Crippen LogP contribution < -0.4 is 0 Å².